The number of hydrogen-bond donors (Lipinski definition) is 2. The van der Waals surface area contributed by atoms with E-state index in [4.69, 9.17) is 5.73 Å². The Kier molecular flexibility index (Phi) is 3.47. The Labute approximate surface area is 119 Å². The first-order chi connectivity index (χ1) is 9.47. The number of piperidine rings is 1. The van der Waals surface area contributed by atoms with E-state index in [0.717, 1.165) is 25.9 Å². The van der Waals surface area contributed by atoms with Gasteiger partial charge in [-0.1, -0.05) is 6.42 Å². The van der Waals surface area contributed by atoms with Crippen LogP contribution in [0.3, 0.4) is 0 Å². The summed E-state index contributed by atoms with van der Waals surface area (Å²) in [5.74, 6) is 0.0542. The summed E-state index contributed by atoms with van der Waals surface area (Å²) in [4.78, 5) is 2.47. The number of nitrogens with zero attached hydrogens (tertiary/aromatic N) is 3. The second-order valence-corrected chi connectivity index (χ2v) is 7.35. The van der Waals surface area contributed by atoms with Crippen molar-refractivity contribution in [2.75, 3.05) is 18.8 Å². The first-order valence-electron chi connectivity index (χ1n) is 7.03. The molecule has 0 spiro atoms. The van der Waals surface area contributed by atoms with Crippen LogP contribution in [0, 0.1) is 0 Å². The number of nitrogens with two attached hydrogens (primary N) is 1. The van der Waals surface area contributed by atoms with Gasteiger partial charge < -0.3 is 5.73 Å². The van der Waals surface area contributed by atoms with E-state index >= 15 is 0 Å². The van der Waals surface area contributed by atoms with Crippen molar-refractivity contribution in [3.05, 3.63) is 6.20 Å². The molecule has 1 aromatic heterocycles. The van der Waals surface area contributed by atoms with Crippen LogP contribution < -0.4 is 10.5 Å². The van der Waals surface area contributed by atoms with Crippen molar-refractivity contribution >= 4 is 15.8 Å². The van der Waals surface area contributed by atoms with Gasteiger partial charge in [0.1, 0.15) is 4.90 Å². The first kappa shape index (κ1) is 13.8. The van der Waals surface area contributed by atoms with Gasteiger partial charge in [0, 0.05) is 31.9 Å². The maximum Gasteiger partial charge on any atom is 0.246 e. The zero-order valence-electron chi connectivity index (χ0n) is 11.6. The largest absolute Gasteiger partial charge is 0.381 e. The van der Waals surface area contributed by atoms with Crippen LogP contribution in [0.5, 0.6) is 0 Å². The van der Waals surface area contributed by atoms with E-state index in [9.17, 15) is 8.42 Å². The smallest absolute Gasteiger partial charge is 0.246 e. The van der Waals surface area contributed by atoms with Crippen molar-refractivity contribution in [3.8, 4) is 0 Å². The molecular formula is C12H21N5O2S. The summed E-state index contributed by atoms with van der Waals surface area (Å²) in [5.41, 5.74) is 5.67. The molecule has 2 aliphatic heterocycles. The highest BCUT2D eigenvalue weighted by molar-refractivity contribution is 7.89. The number of hydrogen-bond acceptors (Lipinski definition) is 5. The number of aromatic nitrogens is 2. The minimum atomic E-state index is -3.59. The van der Waals surface area contributed by atoms with E-state index in [1.807, 2.05) is 0 Å². The predicted octanol–water partition coefficient (Wildman–Crippen LogP) is -0.0926. The predicted molar refractivity (Wildman–Crippen MR) is 75.6 cm³/mol. The molecular weight excluding hydrogens is 278 g/mol. The van der Waals surface area contributed by atoms with Gasteiger partial charge >= 0.3 is 0 Å². The quantitative estimate of drug-likeness (QED) is 0.813. The Hall–Kier alpha value is -1.12. The van der Waals surface area contributed by atoms with Crippen LogP contribution in [0.1, 0.15) is 25.7 Å². The van der Waals surface area contributed by atoms with Crippen molar-refractivity contribution in [3.63, 3.8) is 0 Å². The summed E-state index contributed by atoms with van der Waals surface area (Å²) in [7, 11) is -1.93. The number of fused-ring (bicyclic) bond motifs is 1. The van der Waals surface area contributed by atoms with Gasteiger partial charge in [0.15, 0.2) is 5.82 Å². The molecule has 3 heterocycles. The van der Waals surface area contributed by atoms with Crippen LogP contribution >= 0.6 is 0 Å². The maximum absolute atomic E-state index is 12.4. The summed E-state index contributed by atoms with van der Waals surface area (Å²) in [6, 6.07) is 0.316. The van der Waals surface area contributed by atoms with E-state index in [-0.39, 0.29) is 16.8 Å². The molecule has 2 unspecified atom stereocenters. The summed E-state index contributed by atoms with van der Waals surface area (Å²) < 4.78 is 29.1. The van der Waals surface area contributed by atoms with Crippen LogP contribution in [-0.2, 0) is 17.1 Å². The van der Waals surface area contributed by atoms with E-state index in [0.29, 0.717) is 6.04 Å². The maximum atomic E-state index is 12.4. The van der Waals surface area contributed by atoms with E-state index in [1.165, 1.54) is 23.7 Å². The summed E-state index contributed by atoms with van der Waals surface area (Å²) >= 11 is 0. The van der Waals surface area contributed by atoms with Crippen molar-refractivity contribution in [2.24, 2.45) is 7.05 Å². The lowest BCUT2D eigenvalue weighted by atomic mass is 10.00. The van der Waals surface area contributed by atoms with E-state index < -0.39 is 10.0 Å². The highest BCUT2D eigenvalue weighted by Crippen LogP contribution is 2.28. The molecule has 0 radical (unpaired) electrons. The molecule has 0 aromatic carbocycles. The summed E-state index contributed by atoms with van der Waals surface area (Å²) in [6.45, 7) is 2.05. The van der Waals surface area contributed by atoms with Crippen LogP contribution in [0.15, 0.2) is 11.1 Å². The van der Waals surface area contributed by atoms with Gasteiger partial charge in [-0.05, 0) is 25.8 Å². The number of anilines is 1. The molecule has 0 bridgehead atoms. The molecule has 2 fully saturated rings. The molecule has 2 aliphatic rings. The molecule has 20 heavy (non-hydrogen) atoms. The Morgan fingerprint density at radius 3 is 2.85 bits per heavy atom. The molecule has 1 aromatic rings. The molecule has 2 saturated heterocycles. The number of sulfonamides is 1. The number of rotatable bonds is 3. The zero-order valence-corrected chi connectivity index (χ0v) is 12.4. The monoisotopic (exact) mass is 299 g/mol. The van der Waals surface area contributed by atoms with Crippen LogP contribution in [0.4, 0.5) is 5.82 Å². The average Bonchev–Trinajstić information content (AvgIpc) is 2.94. The molecule has 0 amide bonds. The summed E-state index contributed by atoms with van der Waals surface area (Å²) in [5, 5.41) is 3.90. The fourth-order valence-electron chi connectivity index (χ4n) is 3.34. The highest BCUT2D eigenvalue weighted by Gasteiger charge is 2.38. The third-order valence-corrected chi connectivity index (χ3v) is 5.78. The Bertz CT molecular complexity index is 597. The molecule has 7 nitrogen and oxygen atoms in total. The average molecular weight is 299 g/mol. The van der Waals surface area contributed by atoms with Gasteiger partial charge in [-0.25, -0.2) is 13.1 Å². The number of nitrogens with one attached hydrogen (secondary N) is 1. The molecule has 0 aliphatic carbocycles. The van der Waals surface area contributed by atoms with Gasteiger partial charge in [-0.3, -0.25) is 9.58 Å². The van der Waals surface area contributed by atoms with Gasteiger partial charge in [0.25, 0.3) is 0 Å². The summed E-state index contributed by atoms with van der Waals surface area (Å²) in [6.07, 6.45) is 5.77. The van der Waals surface area contributed by atoms with Crippen molar-refractivity contribution in [1.29, 1.82) is 0 Å². The van der Waals surface area contributed by atoms with Crippen LogP contribution in [0.2, 0.25) is 0 Å². The zero-order chi connectivity index (χ0) is 14.3. The van der Waals surface area contributed by atoms with Crippen molar-refractivity contribution in [1.82, 2.24) is 19.4 Å². The normalized spacial score (nSPS) is 27.6. The molecule has 3 N–H and O–H groups in total. The topological polar surface area (TPSA) is 93.2 Å². The third kappa shape index (κ3) is 2.43. The van der Waals surface area contributed by atoms with E-state index in [2.05, 4.69) is 14.7 Å². The second kappa shape index (κ2) is 5.01. The lowest BCUT2D eigenvalue weighted by Gasteiger charge is -2.32. The Morgan fingerprint density at radius 2 is 2.15 bits per heavy atom. The minimum absolute atomic E-state index is 0.0140. The third-order valence-electron chi connectivity index (χ3n) is 4.27. The number of aryl methyl sites for hydroxylation is 1. The molecule has 2 atom stereocenters. The van der Waals surface area contributed by atoms with Crippen molar-refractivity contribution < 1.29 is 8.42 Å². The Balaban J connectivity index is 1.78. The minimum Gasteiger partial charge on any atom is -0.381 e. The van der Waals surface area contributed by atoms with Gasteiger partial charge in [-0.15, -0.1) is 0 Å². The van der Waals surface area contributed by atoms with Crippen LogP contribution in [-0.4, -0.2) is 48.3 Å². The lowest BCUT2D eigenvalue weighted by molar-refractivity contribution is 0.186. The second-order valence-electron chi connectivity index (χ2n) is 5.67. The van der Waals surface area contributed by atoms with Gasteiger partial charge in [0.05, 0.1) is 0 Å². The molecule has 112 valence electrons. The van der Waals surface area contributed by atoms with Crippen molar-refractivity contribution in [2.45, 2.75) is 42.7 Å². The molecule has 3 rings (SSSR count). The van der Waals surface area contributed by atoms with Crippen LogP contribution in [0.25, 0.3) is 0 Å². The lowest BCUT2D eigenvalue weighted by Crippen LogP contribution is -2.46. The molecule has 0 saturated carbocycles. The Morgan fingerprint density at radius 1 is 1.35 bits per heavy atom. The van der Waals surface area contributed by atoms with Gasteiger partial charge in [-0.2, -0.15) is 5.10 Å². The first-order valence-corrected chi connectivity index (χ1v) is 8.51. The van der Waals surface area contributed by atoms with E-state index in [1.54, 1.807) is 7.05 Å². The van der Waals surface area contributed by atoms with Gasteiger partial charge in [0.2, 0.25) is 10.0 Å². The number of nitrogen functional groups attached to an aromatic ring is 1. The molecule has 8 heteroatoms. The highest BCUT2D eigenvalue weighted by atomic mass is 32.2. The fourth-order valence-corrected chi connectivity index (χ4v) is 4.75. The standard InChI is InChI=1S/C12H21N5O2S/c1-16-8-11(12(13)14-16)20(18,19)15-9-5-7-17-6-3-2-4-10(9)17/h8-10,15H,2-7H2,1H3,(H2,13,14). The SMILES string of the molecule is Cn1cc(S(=O)(=O)NC2CCN3CCCCC23)c(N)n1. The fraction of sp³-hybridized carbons (Fsp3) is 0.750.